The lowest BCUT2D eigenvalue weighted by Gasteiger charge is -2.39. The minimum Gasteiger partial charge on any atom is -0.355 e. The Morgan fingerprint density at radius 3 is 2.61 bits per heavy atom. The normalized spacial score (nSPS) is 23.9. The van der Waals surface area contributed by atoms with Gasteiger partial charge in [-0.1, -0.05) is 0 Å². The van der Waals surface area contributed by atoms with Crippen molar-refractivity contribution in [3.63, 3.8) is 0 Å². The van der Waals surface area contributed by atoms with Crippen molar-refractivity contribution in [3.05, 3.63) is 0 Å². The highest BCUT2D eigenvalue weighted by Crippen LogP contribution is 2.33. The molecule has 2 fully saturated rings. The largest absolute Gasteiger partial charge is 0.355 e. The van der Waals surface area contributed by atoms with Gasteiger partial charge in [0.2, 0.25) is 5.91 Å². The topological polar surface area (TPSA) is 58.4 Å². The highest BCUT2D eigenvalue weighted by molar-refractivity contribution is 8.00. The molecule has 0 radical (unpaired) electrons. The average molecular weight is 271 g/mol. The summed E-state index contributed by atoms with van der Waals surface area (Å²) in [6.45, 7) is 4.17. The zero-order chi connectivity index (χ0) is 13.0. The molecule has 4 nitrogen and oxygen atoms in total. The van der Waals surface area contributed by atoms with E-state index in [1.165, 1.54) is 12.8 Å². The van der Waals surface area contributed by atoms with Gasteiger partial charge < -0.3 is 11.1 Å². The number of nitrogens with two attached hydrogens (primary N) is 1. The number of carbonyl (C=O) groups excluding carboxylic acids is 1. The number of amides is 1. The minimum atomic E-state index is 0.186. The van der Waals surface area contributed by atoms with Gasteiger partial charge in [-0.25, -0.2) is 0 Å². The molecule has 0 unspecified atom stereocenters. The maximum atomic E-state index is 11.8. The van der Waals surface area contributed by atoms with Crippen LogP contribution in [0.3, 0.4) is 0 Å². The molecule has 1 aliphatic carbocycles. The molecule has 3 N–H and O–H groups in total. The van der Waals surface area contributed by atoms with Gasteiger partial charge in [0.05, 0.1) is 6.54 Å². The van der Waals surface area contributed by atoms with E-state index >= 15 is 0 Å². The first kappa shape index (κ1) is 14.2. The predicted molar refractivity (Wildman–Crippen MR) is 76.7 cm³/mol. The van der Waals surface area contributed by atoms with Gasteiger partial charge in [-0.3, -0.25) is 9.69 Å². The van der Waals surface area contributed by atoms with Gasteiger partial charge in [0.1, 0.15) is 0 Å². The van der Waals surface area contributed by atoms with Gasteiger partial charge in [-0.2, -0.15) is 11.8 Å². The molecule has 1 heterocycles. The van der Waals surface area contributed by atoms with Crippen molar-refractivity contribution in [1.82, 2.24) is 10.2 Å². The zero-order valence-corrected chi connectivity index (χ0v) is 12.1. The molecule has 0 aromatic heterocycles. The number of rotatable bonds is 6. The maximum absolute atomic E-state index is 11.8. The van der Waals surface area contributed by atoms with Crippen molar-refractivity contribution < 1.29 is 4.79 Å². The molecule has 1 aliphatic heterocycles. The van der Waals surface area contributed by atoms with E-state index in [0.29, 0.717) is 6.54 Å². The smallest absolute Gasteiger partial charge is 0.234 e. The van der Waals surface area contributed by atoms with E-state index in [1.54, 1.807) is 0 Å². The molecule has 0 aromatic carbocycles. The molecule has 104 valence electrons. The summed E-state index contributed by atoms with van der Waals surface area (Å²) in [5.41, 5.74) is 5.86. The van der Waals surface area contributed by atoms with Crippen molar-refractivity contribution in [2.24, 2.45) is 11.7 Å². The summed E-state index contributed by atoms with van der Waals surface area (Å²) in [7, 11) is 0. The van der Waals surface area contributed by atoms with Crippen molar-refractivity contribution in [2.45, 2.75) is 30.4 Å². The van der Waals surface area contributed by atoms with Crippen LogP contribution < -0.4 is 11.1 Å². The Balaban J connectivity index is 1.67. The fraction of sp³-hybridized carbons (Fsp3) is 0.923. The molecule has 0 atom stereocenters. The zero-order valence-electron chi connectivity index (χ0n) is 11.3. The van der Waals surface area contributed by atoms with Crippen LogP contribution in [0.2, 0.25) is 0 Å². The molecular weight excluding hydrogens is 246 g/mol. The monoisotopic (exact) mass is 271 g/mol. The van der Waals surface area contributed by atoms with Gasteiger partial charge in [0.15, 0.2) is 0 Å². The Kier molecular flexibility index (Phi) is 4.92. The molecule has 2 aliphatic rings. The molecule has 18 heavy (non-hydrogen) atoms. The second-order valence-corrected chi connectivity index (χ2v) is 6.89. The van der Waals surface area contributed by atoms with Crippen LogP contribution in [0, 0.1) is 5.92 Å². The lowest BCUT2D eigenvalue weighted by atomic mass is 9.96. The molecule has 0 aromatic rings. The van der Waals surface area contributed by atoms with Crippen LogP contribution in [0.4, 0.5) is 0 Å². The second-order valence-electron chi connectivity index (χ2n) is 5.61. The average Bonchev–Trinajstić information content (AvgIpc) is 3.22. The molecular formula is C13H25N3OS. The van der Waals surface area contributed by atoms with Gasteiger partial charge in [0, 0.05) is 30.9 Å². The van der Waals surface area contributed by atoms with Crippen LogP contribution in [0.25, 0.3) is 0 Å². The number of hydrogen-bond donors (Lipinski definition) is 2. The number of nitrogens with one attached hydrogen (secondary N) is 1. The Morgan fingerprint density at radius 2 is 2.11 bits per heavy atom. The fourth-order valence-electron chi connectivity index (χ4n) is 2.45. The van der Waals surface area contributed by atoms with Crippen LogP contribution in [-0.2, 0) is 4.79 Å². The first-order valence-electron chi connectivity index (χ1n) is 6.92. The lowest BCUT2D eigenvalue weighted by Crippen LogP contribution is -2.49. The molecule has 1 saturated carbocycles. The van der Waals surface area contributed by atoms with Crippen molar-refractivity contribution in [1.29, 1.82) is 0 Å². The van der Waals surface area contributed by atoms with Crippen molar-refractivity contribution in [2.75, 3.05) is 39.0 Å². The van der Waals surface area contributed by atoms with Gasteiger partial charge in [0.25, 0.3) is 0 Å². The Labute approximate surface area is 114 Å². The number of nitrogens with zero attached hydrogens (tertiary/aromatic N) is 1. The number of likely N-dealkylation sites (tertiary alicyclic amines) is 1. The maximum Gasteiger partial charge on any atom is 0.234 e. The summed E-state index contributed by atoms with van der Waals surface area (Å²) in [5, 5.41) is 3.03. The third-order valence-electron chi connectivity index (χ3n) is 4.22. The summed E-state index contributed by atoms with van der Waals surface area (Å²) in [5.74, 6) is 0.947. The van der Waals surface area contributed by atoms with Gasteiger partial charge in [-0.05, 0) is 37.9 Å². The number of thioether (sulfide) groups is 1. The predicted octanol–water partition coefficient (Wildman–Crippen LogP) is 0.669. The first-order valence-corrected chi connectivity index (χ1v) is 8.14. The standard InChI is InChI=1S/C13H25N3OS/c1-18-13(10-14)4-6-16(7-5-13)9-12(17)15-8-11-2-3-11/h11H,2-10,14H2,1H3,(H,15,17). The SMILES string of the molecule is CSC1(CN)CCN(CC(=O)NCC2CC2)CC1. The van der Waals surface area contributed by atoms with Crippen LogP contribution in [0.15, 0.2) is 0 Å². The fourth-order valence-corrected chi connectivity index (χ4v) is 3.21. The van der Waals surface area contributed by atoms with Crippen LogP contribution >= 0.6 is 11.8 Å². The van der Waals surface area contributed by atoms with Gasteiger partial charge >= 0.3 is 0 Å². The summed E-state index contributed by atoms with van der Waals surface area (Å²) in [6, 6.07) is 0. The quantitative estimate of drug-likeness (QED) is 0.745. The van der Waals surface area contributed by atoms with E-state index in [9.17, 15) is 4.79 Å². The third-order valence-corrected chi connectivity index (χ3v) is 5.67. The summed E-state index contributed by atoms with van der Waals surface area (Å²) >= 11 is 1.88. The number of hydrogen-bond acceptors (Lipinski definition) is 4. The van der Waals surface area contributed by atoms with Crippen molar-refractivity contribution >= 4 is 17.7 Å². The molecule has 0 spiro atoms. The first-order chi connectivity index (χ1) is 8.67. The Hall–Kier alpha value is -0.260. The molecule has 2 rings (SSSR count). The Morgan fingerprint density at radius 1 is 1.44 bits per heavy atom. The third kappa shape index (κ3) is 3.87. The summed E-state index contributed by atoms with van der Waals surface area (Å²) < 4.78 is 0.251. The summed E-state index contributed by atoms with van der Waals surface area (Å²) in [4.78, 5) is 14.0. The van der Waals surface area contributed by atoms with Crippen LogP contribution in [0.1, 0.15) is 25.7 Å². The highest BCUT2D eigenvalue weighted by Gasteiger charge is 2.33. The molecule has 1 amide bonds. The van der Waals surface area contributed by atoms with Gasteiger partial charge in [-0.15, -0.1) is 0 Å². The molecule has 1 saturated heterocycles. The second kappa shape index (κ2) is 6.26. The molecule has 5 heteroatoms. The highest BCUT2D eigenvalue weighted by atomic mass is 32.2. The van der Waals surface area contributed by atoms with E-state index in [1.807, 2.05) is 11.8 Å². The molecule has 0 bridgehead atoms. The van der Waals surface area contributed by atoms with E-state index < -0.39 is 0 Å². The van der Waals surface area contributed by atoms with Crippen molar-refractivity contribution in [3.8, 4) is 0 Å². The minimum absolute atomic E-state index is 0.186. The van der Waals surface area contributed by atoms with E-state index in [0.717, 1.165) is 44.9 Å². The lowest BCUT2D eigenvalue weighted by molar-refractivity contribution is -0.122. The number of carbonyl (C=O) groups is 1. The van der Waals surface area contributed by atoms with E-state index in [-0.39, 0.29) is 10.7 Å². The summed E-state index contributed by atoms with van der Waals surface area (Å²) in [6.07, 6.45) is 6.92. The van der Waals surface area contributed by atoms with E-state index in [4.69, 9.17) is 5.73 Å². The van der Waals surface area contributed by atoms with Crippen LogP contribution in [0.5, 0.6) is 0 Å². The van der Waals surface area contributed by atoms with Crippen LogP contribution in [-0.4, -0.2) is 54.5 Å². The Bertz CT molecular complexity index is 280. The van der Waals surface area contributed by atoms with E-state index in [2.05, 4.69) is 16.5 Å². The number of piperidine rings is 1.